The molecule has 0 saturated carbocycles. The van der Waals surface area contributed by atoms with Crippen molar-refractivity contribution in [2.45, 2.75) is 18.9 Å². The molecule has 2 amide bonds. The van der Waals surface area contributed by atoms with Gasteiger partial charge in [0.1, 0.15) is 0 Å². The fraction of sp³-hybridized carbons (Fsp3) is 0.737. The molecule has 4 aliphatic heterocycles. The highest BCUT2D eigenvalue weighted by Crippen LogP contribution is 2.36. The second kappa shape index (κ2) is 8.25. The molecule has 2 bridgehead atoms. The van der Waals surface area contributed by atoms with E-state index >= 15 is 0 Å². The molecule has 6 nitrogen and oxygen atoms in total. The summed E-state index contributed by atoms with van der Waals surface area (Å²) in [5.74, 6) is 1.63. The van der Waals surface area contributed by atoms with Gasteiger partial charge >= 0.3 is 6.03 Å². The number of nitrogens with zero attached hydrogens (tertiary/aromatic N) is 3. The summed E-state index contributed by atoms with van der Waals surface area (Å²) in [4.78, 5) is 19.8. The maximum Gasteiger partial charge on any atom is 0.319 e. The van der Waals surface area contributed by atoms with Gasteiger partial charge in [0.05, 0.1) is 5.69 Å². The minimum absolute atomic E-state index is 0.0833. The lowest BCUT2D eigenvalue weighted by molar-refractivity contribution is -0.0155. The summed E-state index contributed by atoms with van der Waals surface area (Å²) >= 11 is 1.59. The number of nitrogens with one attached hydrogen (secondary N) is 2. The van der Waals surface area contributed by atoms with Crippen molar-refractivity contribution >= 4 is 23.1 Å². The van der Waals surface area contributed by atoms with E-state index in [1.54, 1.807) is 11.3 Å². The molecule has 4 fully saturated rings. The van der Waals surface area contributed by atoms with Gasteiger partial charge in [0.25, 0.3) is 0 Å². The first-order chi connectivity index (χ1) is 12.7. The topological polar surface area (TPSA) is 50.9 Å². The standard InChI is InChI=1S/C19H31N5OS/c1-22-5-7-23(8-6-22)12-16-13-24-4-2-15(16)10-18(24)11-20-19(25)21-17-3-9-26-14-17/h3,9,14-16,18H,2,4-8,10-13H2,1H3,(H2,20,21,25). The van der Waals surface area contributed by atoms with E-state index in [1.165, 1.54) is 58.7 Å². The molecule has 2 N–H and O–H groups in total. The number of urea groups is 1. The Morgan fingerprint density at radius 2 is 2.12 bits per heavy atom. The SMILES string of the molecule is CN1CCN(CC2CN3CCC2CC3CNC(=O)Nc2ccsc2)CC1. The third kappa shape index (κ3) is 4.39. The van der Waals surface area contributed by atoms with Crippen LogP contribution in [-0.4, -0.2) is 86.2 Å². The van der Waals surface area contributed by atoms with Crippen LogP contribution in [0.1, 0.15) is 12.8 Å². The molecule has 5 rings (SSSR count). The van der Waals surface area contributed by atoms with Gasteiger partial charge in [0.15, 0.2) is 0 Å². The minimum Gasteiger partial charge on any atom is -0.336 e. The van der Waals surface area contributed by atoms with Crippen LogP contribution in [-0.2, 0) is 0 Å². The Balaban J connectivity index is 1.22. The third-order valence-electron chi connectivity index (χ3n) is 6.38. The van der Waals surface area contributed by atoms with Crippen LogP contribution in [0.5, 0.6) is 0 Å². The number of likely N-dealkylation sites (N-methyl/N-ethyl adjacent to an activating group) is 1. The van der Waals surface area contributed by atoms with Crippen LogP contribution >= 0.6 is 11.3 Å². The summed E-state index contributed by atoms with van der Waals surface area (Å²) in [7, 11) is 2.22. The average Bonchev–Trinajstić information content (AvgIpc) is 3.16. The quantitative estimate of drug-likeness (QED) is 0.822. The molecule has 4 unspecified atom stereocenters. The van der Waals surface area contributed by atoms with Gasteiger partial charge in [-0.2, -0.15) is 11.3 Å². The largest absolute Gasteiger partial charge is 0.336 e. The van der Waals surface area contributed by atoms with E-state index in [9.17, 15) is 4.79 Å². The lowest BCUT2D eigenvalue weighted by Gasteiger charge is -2.51. The van der Waals surface area contributed by atoms with E-state index in [-0.39, 0.29) is 6.03 Å². The number of amides is 2. The predicted molar refractivity (Wildman–Crippen MR) is 107 cm³/mol. The lowest BCUT2D eigenvalue weighted by Crippen LogP contribution is -2.59. The van der Waals surface area contributed by atoms with E-state index in [1.807, 2.05) is 16.8 Å². The highest BCUT2D eigenvalue weighted by molar-refractivity contribution is 7.08. The Morgan fingerprint density at radius 3 is 2.81 bits per heavy atom. The van der Waals surface area contributed by atoms with Gasteiger partial charge in [-0.15, -0.1) is 0 Å². The number of hydrogen-bond acceptors (Lipinski definition) is 5. The molecule has 1 aromatic heterocycles. The summed E-state index contributed by atoms with van der Waals surface area (Å²) in [6.07, 6.45) is 2.56. The van der Waals surface area contributed by atoms with Gasteiger partial charge in [-0.3, -0.25) is 4.90 Å². The molecule has 0 spiro atoms. The Bertz CT molecular complexity index is 587. The van der Waals surface area contributed by atoms with Crippen LogP contribution in [0.15, 0.2) is 16.8 Å². The van der Waals surface area contributed by atoms with Crippen LogP contribution in [0.4, 0.5) is 10.5 Å². The summed E-state index contributed by atoms with van der Waals surface area (Å²) < 4.78 is 0. The number of carbonyl (C=O) groups excluding carboxylic acids is 1. The molecule has 7 heteroatoms. The Morgan fingerprint density at radius 1 is 1.27 bits per heavy atom. The number of anilines is 1. The molecular weight excluding hydrogens is 346 g/mol. The molecule has 4 atom stereocenters. The zero-order valence-corrected chi connectivity index (χ0v) is 16.5. The Labute approximate surface area is 160 Å². The fourth-order valence-electron chi connectivity index (χ4n) is 4.75. The molecule has 26 heavy (non-hydrogen) atoms. The molecule has 0 aliphatic carbocycles. The zero-order valence-electron chi connectivity index (χ0n) is 15.7. The van der Waals surface area contributed by atoms with Crippen molar-refractivity contribution in [3.05, 3.63) is 16.8 Å². The van der Waals surface area contributed by atoms with E-state index in [4.69, 9.17) is 0 Å². The van der Waals surface area contributed by atoms with Crippen LogP contribution in [0.25, 0.3) is 0 Å². The molecule has 5 heterocycles. The number of rotatable bonds is 5. The van der Waals surface area contributed by atoms with E-state index < -0.39 is 0 Å². The van der Waals surface area contributed by atoms with Gasteiger partial charge < -0.3 is 20.4 Å². The first-order valence-corrected chi connectivity index (χ1v) is 10.8. The summed E-state index contributed by atoms with van der Waals surface area (Å²) in [5.41, 5.74) is 0.880. The van der Waals surface area contributed by atoms with Crippen molar-refractivity contribution in [1.82, 2.24) is 20.0 Å². The highest BCUT2D eigenvalue weighted by atomic mass is 32.1. The smallest absolute Gasteiger partial charge is 0.319 e. The lowest BCUT2D eigenvalue weighted by atomic mass is 9.75. The molecule has 0 aromatic carbocycles. The molecule has 4 aliphatic rings. The highest BCUT2D eigenvalue weighted by Gasteiger charge is 2.40. The normalized spacial score (nSPS) is 32.5. The van der Waals surface area contributed by atoms with E-state index in [2.05, 4.69) is 32.4 Å². The maximum atomic E-state index is 12.1. The Hall–Kier alpha value is -1.15. The molecule has 144 valence electrons. The summed E-state index contributed by atoms with van der Waals surface area (Å²) in [6.45, 7) is 9.25. The monoisotopic (exact) mass is 377 g/mol. The minimum atomic E-state index is -0.0833. The second-order valence-electron chi connectivity index (χ2n) is 8.14. The van der Waals surface area contributed by atoms with Crippen LogP contribution in [0, 0.1) is 11.8 Å². The number of piperidine rings is 3. The van der Waals surface area contributed by atoms with Crippen molar-refractivity contribution in [3.8, 4) is 0 Å². The van der Waals surface area contributed by atoms with E-state index in [0.717, 1.165) is 24.1 Å². The molecular formula is C19H31N5OS. The molecule has 1 aromatic rings. The Kier molecular flexibility index (Phi) is 5.78. The number of hydrogen-bond donors (Lipinski definition) is 2. The first kappa shape index (κ1) is 18.2. The number of thiophene rings is 1. The van der Waals surface area contributed by atoms with Crippen LogP contribution in [0.2, 0.25) is 0 Å². The predicted octanol–water partition coefficient (Wildman–Crippen LogP) is 1.83. The van der Waals surface area contributed by atoms with Gasteiger partial charge in [0, 0.05) is 57.2 Å². The summed E-state index contributed by atoms with van der Waals surface area (Å²) in [6, 6.07) is 2.35. The van der Waals surface area contributed by atoms with Gasteiger partial charge in [0.2, 0.25) is 0 Å². The first-order valence-electron chi connectivity index (χ1n) is 9.89. The van der Waals surface area contributed by atoms with Gasteiger partial charge in [-0.25, -0.2) is 4.79 Å². The second-order valence-corrected chi connectivity index (χ2v) is 8.92. The van der Waals surface area contributed by atoms with Gasteiger partial charge in [-0.05, 0) is 49.7 Å². The van der Waals surface area contributed by atoms with Crippen molar-refractivity contribution in [1.29, 1.82) is 0 Å². The van der Waals surface area contributed by atoms with Crippen molar-refractivity contribution in [3.63, 3.8) is 0 Å². The van der Waals surface area contributed by atoms with Crippen molar-refractivity contribution < 1.29 is 4.79 Å². The van der Waals surface area contributed by atoms with Crippen molar-refractivity contribution in [2.75, 3.05) is 64.7 Å². The molecule has 4 saturated heterocycles. The molecule has 0 radical (unpaired) electrons. The van der Waals surface area contributed by atoms with Crippen LogP contribution in [0.3, 0.4) is 0 Å². The van der Waals surface area contributed by atoms with E-state index in [0.29, 0.717) is 6.04 Å². The number of piperazine rings is 1. The zero-order chi connectivity index (χ0) is 17.9. The average molecular weight is 378 g/mol. The number of carbonyl (C=O) groups is 1. The van der Waals surface area contributed by atoms with Crippen molar-refractivity contribution in [2.24, 2.45) is 11.8 Å². The summed E-state index contributed by atoms with van der Waals surface area (Å²) in [5, 5.41) is 9.90. The van der Waals surface area contributed by atoms with Gasteiger partial charge in [-0.1, -0.05) is 0 Å². The maximum absolute atomic E-state index is 12.1. The third-order valence-corrected chi connectivity index (χ3v) is 7.06. The van der Waals surface area contributed by atoms with Crippen LogP contribution < -0.4 is 10.6 Å². The number of fused-ring (bicyclic) bond motifs is 3. The fourth-order valence-corrected chi connectivity index (χ4v) is 5.34.